The van der Waals surface area contributed by atoms with E-state index in [1.54, 1.807) is 42.6 Å². The van der Waals surface area contributed by atoms with Crippen LogP contribution in [0.4, 0.5) is 5.00 Å². The molecule has 0 saturated carbocycles. The summed E-state index contributed by atoms with van der Waals surface area (Å²) in [6.45, 7) is 1.74. The first-order chi connectivity index (χ1) is 13.5. The fraction of sp³-hybridized carbons (Fsp3) is 0.150. The number of carbonyl (C=O) groups is 2. The number of aromatic nitrogens is 1. The molecule has 2 heterocycles. The van der Waals surface area contributed by atoms with Gasteiger partial charge in [-0.05, 0) is 19.1 Å². The second kappa shape index (κ2) is 8.86. The highest BCUT2D eigenvalue weighted by Crippen LogP contribution is 2.39. The molecule has 144 valence electrons. The van der Waals surface area contributed by atoms with Crippen LogP contribution in [0.3, 0.4) is 0 Å². The smallest absolute Gasteiger partial charge is 0.341 e. The van der Waals surface area contributed by atoms with Crippen molar-refractivity contribution in [1.29, 1.82) is 0 Å². The minimum atomic E-state index is -0.550. The van der Waals surface area contributed by atoms with Gasteiger partial charge < -0.3 is 14.6 Å². The van der Waals surface area contributed by atoms with Crippen LogP contribution in [0.2, 0.25) is 5.02 Å². The Morgan fingerprint density at radius 2 is 1.89 bits per heavy atom. The van der Waals surface area contributed by atoms with E-state index in [2.05, 4.69) is 5.32 Å². The number of carbonyl (C=O) groups excluding carboxylic acids is 2. The van der Waals surface area contributed by atoms with Gasteiger partial charge in [-0.25, -0.2) is 4.79 Å². The first kappa shape index (κ1) is 19.9. The van der Waals surface area contributed by atoms with Crippen LogP contribution in [0.25, 0.3) is 11.1 Å². The molecule has 0 bridgehead atoms. The number of benzene rings is 1. The van der Waals surface area contributed by atoms with Gasteiger partial charge in [-0.15, -0.1) is 11.3 Å². The van der Waals surface area contributed by atoms with E-state index in [1.165, 1.54) is 28.2 Å². The van der Waals surface area contributed by atoms with E-state index in [0.717, 1.165) is 0 Å². The van der Waals surface area contributed by atoms with E-state index >= 15 is 0 Å². The maximum absolute atomic E-state index is 12.6. The number of ether oxygens (including phenoxy) is 1. The highest BCUT2D eigenvalue weighted by molar-refractivity contribution is 7.15. The quantitative estimate of drug-likeness (QED) is 0.615. The second-order valence-corrected chi connectivity index (χ2v) is 7.06. The number of hydrogen-bond acceptors (Lipinski definition) is 5. The summed E-state index contributed by atoms with van der Waals surface area (Å²) in [7, 11) is 0. The molecule has 1 aromatic carbocycles. The molecule has 28 heavy (non-hydrogen) atoms. The molecule has 0 unspecified atom stereocenters. The van der Waals surface area contributed by atoms with Crippen molar-refractivity contribution in [2.24, 2.45) is 0 Å². The minimum Gasteiger partial charge on any atom is -0.462 e. The van der Waals surface area contributed by atoms with Crippen LogP contribution in [0.5, 0.6) is 0 Å². The molecule has 8 heteroatoms. The average Bonchev–Trinajstić information content (AvgIpc) is 3.07. The Bertz CT molecular complexity index is 1070. The fourth-order valence-corrected chi connectivity index (χ4v) is 3.85. The van der Waals surface area contributed by atoms with Gasteiger partial charge in [0.25, 0.3) is 5.56 Å². The van der Waals surface area contributed by atoms with E-state index < -0.39 is 11.9 Å². The van der Waals surface area contributed by atoms with Crippen molar-refractivity contribution >= 4 is 39.8 Å². The Hall–Kier alpha value is -2.90. The van der Waals surface area contributed by atoms with E-state index in [1.807, 2.05) is 6.07 Å². The maximum atomic E-state index is 12.6. The van der Waals surface area contributed by atoms with Gasteiger partial charge in [0.2, 0.25) is 5.91 Å². The van der Waals surface area contributed by atoms with Crippen molar-refractivity contribution in [3.8, 4) is 11.1 Å². The lowest BCUT2D eigenvalue weighted by Gasteiger charge is -2.10. The molecule has 1 N–H and O–H groups in total. The first-order valence-electron chi connectivity index (χ1n) is 8.50. The third-order valence-corrected chi connectivity index (χ3v) is 5.13. The van der Waals surface area contributed by atoms with Gasteiger partial charge in [-0.2, -0.15) is 0 Å². The molecule has 0 aliphatic carbocycles. The zero-order valence-electron chi connectivity index (χ0n) is 15.0. The Labute approximate surface area is 170 Å². The monoisotopic (exact) mass is 416 g/mol. The molecule has 3 rings (SSSR count). The van der Waals surface area contributed by atoms with Crippen LogP contribution in [0, 0.1) is 0 Å². The number of nitrogens with one attached hydrogen (secondary N) is 1. The third kappa shape index (κ3) is 4.32. The summed E-state index contributed by atoms with van der Waals surface area (Å²) in [5.74, 6) is -0.975. The summed E-state index contributed by atoms with van der Waals surface area (Å²) >= 11 is 7.48. The van der Waals surface area contributed by atoms with Crippen molar-refractivity contribution in [1.82, 2.24) is 4.57 Å². The molecule has 6 nitrogen and oxygen atoms in total. The predicted octanol–water partition coefficient (Wildman–Crippen LogP) is 4.05. The van der Waals surface area contributed by atoms with Gasteiger partial charge >= 0.3 is 5.97 Å². The Kier molecular flexibility index (Phi) is 6.28. The Morgan fingerprint density at radius 1 is 1.14 bits per heavy atom. The summed E-state index contributed by atoms with van der Waals surface area (Å²) in [6.07, 6.45) is 1.53. The molecule has 0 fully saturated rings. The lowest BCUT2D eigenvalue weighted by atomic mass is 10.0. The highest BCUT2D eigenvalue weighted by Gasteiger charge is 2.23. The molecule has 0 aliphatic rings. The van der Waals surface area contributed by atoms with Gasteiger partial charge in [-0.3, -0.25) is 9.59 Å². The van der Waals surface area contributed by atoms with Crippen molar-refractivity contribution < 1.29 is 14.3 Å². The number of pyridine rings is 1. The fourth-order valence-electron chi connectivity index (χ4n) is 2.65. The van der Waals surface area contributed by atoms with Crippen LogP contribution in [-0.2, 0) is 16.1 Å². The second-order valence-electron chi connectivity index (χ2n) is 5.77. The number of amides is 1. The zero-order valence-corrected chi connectivity index (χ0v) is 16.5. The molecule has 0 saturated heterocycles. The molecule has 2 aromatic heterocycles. The third-order valence-electron chi connectivity index (χ3n) is 3.90. The first-order valence-corrected chi connectivity index (χ1v) is 9.75. The maximum Gasteiger partial charge on any atom is 0.341 e. The van der Waals surface area contributed by atoms with Crippen LogP contribution in [-0.4, -0.2) is 23.1 Å². The zero-order chi connectivity index (χ0) is 20.1. The molecule has 1 amide bonds. The van der Waals surface area contributed by atoms with E-state index in [4.69, 9.17) is 16.3 Å². The SMILES string of the molecule is CCOC(=O)c1c(-c2ccccc2Cl)csc1NC(=O)Cn1ccccc1=O. The van der Waals surface area contributed by atoms with Gasteiger partial charge in [0.05, 0.1) is 6.61 Å². The molecule has 0 atom stereocenters. The van der Waals surface area contributed by atoms with Gasteiger partial charge in [-0.1, -0.05) is 35.9 Å². The topological polar surface area (TPSA) is 77.4 Å². The molecule has 0 aliphatic heterocycles. The average molecular weight is 417 g/mol. The van der Waals surface area contributed by atoms with Gasteiger partial charge in [0.1, 0.15) is 17.1 Å². The number of hydrogen-bond donors (Lipinski definition) is 1. The van der Waals surface area contributed by atoms with Crippen molar-refractivity contribution in [3.63, 3.8) is 0 Å². The number of nitrogens with zero attached hydrogens (tertiary/aromatic N) is 1. The van der Waals surface area contributed by atoms with Gasteiger partial charge in [0.15, 0.2) is 0 Å². The molecular formula is C20H17ClN2O4S. The normalized spacial score (nSPS) is 10.5. The predicted molar refractivity (Wildman–Crippen MR) is 110 cm³/mol. The summed E-state index contributed by atoms with van der Waals surface area (Å²) in [5.41, 5.74) is 1.21. The molecule has 0 radical (unpaired) electrons. The standard InChI is InChI=1S/C20H17ClN2O4S/c1-2-27-20(26)18-14(13-7-3-4-8-15(13)21)12-28-19(18)22-16(24)11-23-10-6-5-9-17(23)25/h3-10,12H,2,11H2,1H3,(H,22,24). The van der Waals surface area contributed by atoms with E-state index in [-0.39, 0.29) is 24.3 Å². The minimum absolute atomic E-state index is 0.165. The van der Waals surface area contributed by atoms with Crippen LogP contribution in [0.15, 0.2) is 58.8 Å². The molecule has 0 spiro atoms. The highest BCUT2D eigenvalue weighted by atomic mass is 35.5. The number of thiophene rings is 1. The largest absolute Gasteiger partial charge is 0.462 e. The number of rotatable bonds is 6. The summed E-state index contributed by atoms with van der Waals surface area (Å²) in [5, 5.41) is 5.29. The van der Waals surface area contributed by atoms with Crippen molar-refractivity contribution in [2.45, 2.75) is 13.5 Å². The van der Waals surface area contributed by atoms with Crippen molar-refractivity contribution in [3.05, 3.63) is 75.0 Å². The van der Waals surface area contributed by atoms with Crippen LogP contribution >= 0.6 is 22.9 Å². The van der Waals surface area contributed by atoms with Crippen LogP contribution in [0.1, 0.15) is 17.3 Å². The summed E-state index contributed by atoms with van der Waals surface area (Å²) in [6, 6.07) is 11.8. The number of esters is 1. The Morgan fingerprint density at radius 3 is 2.61 bits per heavy atom. The lowest BCUT2D eigenvalue weighted by Crippen LogP contribution is -2.26. The summed E-state index contributed by atoms with van der Waals surface area (Å²) < 4.78 is 6.45. The Balaban J connectivity index is 1.94. The number of anilines is 1. The van der Waals surface area contributed by atoms with E-state index in [0.29, 0.717) is 21.2 Å². The van der Waals surface area contributed by atoms with Crippen molar-refractivity contribution in [2.75, 3.05) is 11.9 Å². The van der Waals surface area contributed by atoms with E-state index in [9.17, 15) is 14.4 Å². The number of halogens is 1. The van der Waals surface area contributed by atoms with Gasteiger partial charge in [0, 0.05) is 33.8 Å². The van der Waals surface area contributed by atoms with Crippen LogP contribution < -0.4 is 10.9 Å². The summed E-state index contributed by atoms with van der Waals surface area (Å²) in [4.78, 5) is 36.8. The molecular weight excluding hydrogens is 400 g/mol. The lowest BCUT2D eigenvalue weighted by molar-refractivity contribution is -0.116. The molecule has 3 aromatic rings.